The summed E-state index contributed by atoms with van der Waals surface area (Å²) in [5.74, 6) is 3.21. The van der Waals surface area contributed by atoms with E-state index >= 15 is 0 Å². The molecule has 2 rings (SSSR count). The molecule has 18 heteroatoms. The number of unbranched alkanes of at least 4 members (excludes halogenated alkanes) is 39. The van der Waals surface area contributed by atoms with Crippen LogP contribution in [-0.2, 0) is 52.4 Å². The van der Waals surface area contributed by atoms with Crippen molar-refractivity contribution in [3.63, 3.8) is 0 Å². The third kappa shape index (κ3) is 82.2. The molecular weight excluding hydrogens is 1790 g/mol. The fourth-order valence-corrected chi connectivity index (χ4v) is 22.4. The van der Waals surface area contributed by atoms with Crippen LogP contribution in [0.25, 0.3) is 0 Å². The van der Waals surface area contributed by atoms with E-state index in [0.29, 0.717) is 74.9 Å². The number of rotatable bonds is 102. The first-order chi connectivity index (χ1) is 69.5. The lowest BCUT2D eigenvalue weighted by Gasteiger charge is -2.40. The van der Waals surface area contributed by atoms with Crippen LogP contribution in [0.2, 0.25) is 0 Å². The largest absolute Gasteiger partial charge is 0.462 e. The number of hydrogen-bond donors (Lipinski definition) is 1. The quantitative estimate of drug-likeness (QED) is 0.0199. The number of carbonyl (C=O) groups excluding carboxylic acids is 5. The number of carbonyl (C=O) groups is 5. The van der Waals surface area contributed by atoms with Crippen molar-refractivity contribution < 1.29 is 57.5 Å². The summed E-state index contributed by atoms with van der Waals surface area (Å²) in [6.07, 6.45) is 89.6. The van der Waals surface area contributed by atoms with E-state index in [1.807, 2.05) is 12.2 Å². The lowest BCUT2D eigenvalue weighted by Crippen LogP contribution is -2.33. The number of allylic oxidation sites excluding steroid dienone is 2. The molecule has 2 aliphatic carbocycles. The summed E-state index contributed by atoms with van der Waals surface area (Å²) in [7, 11) is 13.0. The lowest BCUT2D eigenvalue weighted by atomic mass is 9.66. The van der Waals surface area contributed by atoms with Crippen LogP contribution in [0.1, 0.15) is 551 Å². The van der Waals surface area contributed by atoms with E-state index in [0.717, 1.165) is 283 Å². The molecule has 144 heavy (non-hydrogen) atoms. The van der Waals surface area contributed by atoms with Crippen molar-refractivity contribution in [3.05, 3.63) is 24.3 Å². The van der Waals surface area contributed by atoms with Crippen LogP contribution in [0.4, 0.5) is 0 Å². The summed E-state index contributed by atoms with van der Waals surface area (Å²) < 4.78 is 35.7. The first-order valence-corrected chi connectivity index (χ1v) is 62.2. The molecule has 0 spiro atoms. The molecule has 0 heterocycles. The van der Waals surface area contributed by atoms with E-state index in [9.17, 15) is 29.1 Å². The van der Waals surface area contributed by atoms with Crippen molar-refractivity contribution >= 4 is 29.8 Å². The minimum Gasteiger partial charge on any atom is -0.462 e. The third-order valence-electron chi connectivity index (χ3n) is 32.2. The molecule has 6 unspecified atom stereocenters. The molecule has 848 valence electrons. The van der Waals surface area contributed by atoms with Crippen LogP contribution >= 0.6 is 0 Å². The van der Waals surface area contributed by atoms with E-state index in [-0.39, 0.29) is 59.7 Å². The van der Waals surface area contributed by atoms with E-state index in [1.54, 1.807) is 0 Å². The van der Waals surface area contributed by atoms with Crippen LogP contribution in [0, 0.1) is 40.4 Å². The van der Waals surface area contributed by atoms with Crippen molar-refractivity contribution in [2.24, 2.45) is 40.4 Å². The molecule has 1 N–H and O–H groups in total. The molecule has 18 nitrogen and oxygen atoms in total. The molecule has 2 saturated carbocycles. The Labute approximate surface area is 892 Å². The average molecular weight is 2030 g/mol. The summed E-state index contributed by atoms with van der Waals surface area (Å²) in [6, 6.07) is 0. The number of hydrogen-bond acceptors (Lipinski definition) is 18. The van der Waals surface area contributed by atoms with Gasteiger partial charge in [0.25, 0.3) is 0 Å². The summed E-state index contributed by atoms with van der Waals surface area (Å²) in [6.45, 7) is 40.2. The minimum absolute atomic E-state index is 0.00113. The molecule has 0 radical (unpaired) electrons. The van der Waals surface area contributed by atoms with E-state index < -0.39 is 6.29 Å². The molecule has 0 aromatic rings. The summed E-state index contributed by atoms with van der Waals surface area (Å²) in [4.78, 5) is 78.6. The number of esters is 5. The molecular formula is C126H242N6O12. The number of ether oxygens (including phenoxy) is 6. The number of aliphatic hydroxyl groups excluding tert-OH is 1. The van der Waals surface area contributed by atoms with Crippen molar-refractivity contribution in [3.8, 4) is 0 Å². The SMILES string of the molecule is CCCCCCCC/C=C/COC(=O)CCCCCCCN(CCCCCCCC(=O)OC/C=C/CCCCC(CCC)C(C)CCCC(CCCC)OC(=O)CCCCCCCN(CCCCCCCC(O)OC(CCCCC)CCC(C)CC(C)(C)C1CCC(OC(=O)CCCCCCCCCN(CCCCCCCCCC(=O)OC2CCC(C(C)(C)C)CC2)CCN(C)C)CC1)CCN(C)C)CCN(C)C. The maximum Gasteiger partial charge on any atom is 0.306 e. The smallest absolute Gasteiger partial charge is 0.306 e. The van der Waals surface area contributed by atoms with Gasteiger partial charge in [-0.3, -0.25) is 24.0 Å². The zero-order valence-electron chi connectivity index (χ0n) is 98.4. The molecule has 0 amide bonds. The Hall–Kier alpha value is -3.49. The predicted octanol–water partition coefficient (Wildman–Crippen LogP) is 32.4. The monoisotopic (exact) mass is 2030 g/mol. The molecule has 6 atom stereocenters. The molecule has 0 aromatic carbocycles. The highest BCUT2D eigenvalue weighted by Gasteiger charge is 2.36. The lowest BCUT2D eigenvalue weighted by molar-refractivity contribution is -0.152. The Balaban J connectivity index is 1.56. The van der Waals surface area contributed by atoms with Crippen LogP contribution in [0.15, 0.2) is 24.3 Å². The molecule has 2 aliphatic rings. The maximum atomic E-state index is 13.3. The topological polar surface area (TPSA) is 180 Å². The third-order valence-corrected chi connectivity index (χ3v) is 32.2. The van der Waals surface area contributed by atoms with Gasteiger partial charge in [-0.25, -0.2) is 0 Å². The van der Waals surface area contributed by atoms with Crippen LogP contribution in [0.3, 0.4) is 0 Å². The number of likely N-dealkylation sites (N-methyl/N-ethyl adjacent to an activating group) is 3. The van der Waals surface area contributed by atoms with E-state index in [1.165, 1.54) is 244 Å². The Kier molecular flexibility index (Phi) is 88.3. The normalized spacial score (nSPS) is 16.9. The van der Waals surface area contributed by atoms with Crippen molar-refractivity contribution in [1.82, 2.24) is 29.4 Å². The van der Waals surface area contributed by atoms with Gasteiger partial charge in [0, 0.05) is 71.4 Å². The molecule has 0 bridgehead atoms. The van der Waals surface area contributed by atoms with Gasteiger partial charge < -0.3 is 62.9 Å². The van der Waals surface area contributed by atoms with Crippen LogP contribution < -0.4 is 0 Å². The van der Waals surface area contributed by atoms with Crippen molar-refractivity contribution in [2.45, 2.75) is 582 Å². The Morgan fingerprint density at radius 1 is 0.306 bits per heavy atom. The van der Waals surface area contributed by atoms with Gasteiger partial charge in [-0.2, -0.15) is 0 Å². The molecule has 0 aromatic heterocycles. The Morgan fingerprint density at radius 3 is 1.04 bits per heavy atom. The van der Waals surface area contributed by atoms with Gasteiger partial charge >= 0.3 is 29.8 Å². The second-order valence-corrected chi connectivity index (χ2v) is 48.2. The van der Waals surface area contributed by atoms with Gasteiger partial charge in [-0.1, -0.05) is 338 Å². The molecule has 0 saturated heterocycles. The summed E-state index contributed by atoms with van der Waals surface area (Å²) in [5, 5.41) is 11.3. The maximum absolute atomic E-state index is 13.3. The second-order valence-electron chi connectivity index (χ2n) is 48.2. The standard InChI is InChI=1S/C126H242N6O12/c1-18-22-25-26-27-28-35-54-70-107-139-119(133)79-58-44-36-50-66-97-131(105-102-128(14)15)98-67-51-37-45-59-80-120(134)140-108-71-55-40-41-57-75-112(73-21-4)111(6)74-72-78-115(76-24-20-3)141-121(135)81-62-46-38-52-68-99-132(106-103-129(16)17)100-69-53-39-47-63-82-122(136)142-116(77-56-23-19-2)90-85-110(5)109-126(10,11)114-88-93-118(94-89-114)144-124(138)84-61-43-32-30-34-49-65-96-130(104-101-127(12)13)95-64-48-33-29-31-42-60-83-123(137)143-117-91-86-113(87-92-117)125(7,8)9/h54-55,70-71,110-118,122,136H,18-53,56-69,72-109H2,1-17H3/b70-54+,71-55+. The Morgan fingerprint density at radius 2 is 0.639 bits per heavy atom. The first-order valence-electron chi connectivity index (χ1n) is 62.2. The molecule has 0 aliphatic heterocycles. The summed E-state index contributed by atoms with van der Waals surface area (Å²) in [5.41, 5.74) is 0.575. The van der Waals surface area contributed by atoms with Gasteiger partial charge in [0.2, 0.25) is 0 Å². The van der Waals surface area contributed by atoms with Crippen molar-refractivity contribution in [1.29, 1.82) is 0 Å². The average Bonchev–Trinajstić information content (AvgIpc) is 0.812. The highest BCUT2D eigenvalue weighted by Crippen LogP contribution is 2.45. The fraction of sp³-hybridized carbons (Fsp3) is 0.929. The summed E-state index contributed by atoms with van der Waals surface area (Å²) >= 11 is 0. The first kappa shape index (κ1) is 137. The number of nitrogens with zero attached hydrogens (tertiary/aromatic N) is 6. The Bertz CT molecular complexity index is 2980. The van der Waals surface area contributed by atoms with E-state index in [2.05, 4.69) is 160 Å². The van der Waals surface area contributed by atoms with Gasteiger partial charge in [0.05, 0.1) is 6.10 Å². The number of aliphatic hydroxyl groups is 1. The van der Waals surface area contributed by atoms with Gasteiger partial charge in [0.15, 0.2) is 6.29 Å². The van der Waals surface area contributed by atoms with Gasteiger partial charge in [0.1, 0.15) is 31.5 Å². The van der Waals surface area contributed by atoms with E-state index in [4.69, 9.17) is 28.4 Å². The predicted molar refractivity (Wildman–Crippen MR) is 612 cm³/mol. The second kappa shape index (κ2) is 93.1. The van der Waals surface area contributed by atoms with Gasteiger partial charge in [-0.05, 0) is 327 Å². The van der Waals surface area contributed by atoms with Crippen LogP contribution in [-0.4, -0.2) is 229 Å². The minimum atomic E-state index is -0.692. The highest BCUT2D eigenvalue weighted by atomic mass is 16.6. The van der Waals surface area contributed by atoms with Crippen LogP contribution in [0.5, 0.6) is 0 Å². The molecule has 2 fully saturated rings. The zero-order chi connectivity index (χ0) is 105. The van der Waals surface area contributed by atoms with Crippen molar-refractivity contribution in [2.75, 3.05) is 134 Å². The fourth-order valence-electron chi connectivity index (χ4n) is 22.4. The highest BCUT2D eigenvalue weighted by molar-refractivity contribution is 5.71. The van der Waals surface area contributed by atoms with Gasteiger partial charge in [-0.15, -0.1) is 0 Å². The zero-order valence-corrected chi connectivity index (χ0v) is 98.4.